The molecule has 0 aliphatic carbocycles. The van der Waals surface area contributed by atoms with Gasteiger partial charge in [-0.3, -0.25) is 10.1 Å². The molecule has 0 saturated heterocycles. The van der Waals surface area contributed by atoms with Crippen LogP contribution in [0, 0.1) is 21.7 Å². The van der Waals surface area contributed by atoms with Crippen molar-refractivity contribution in [1.29, 1.82) is 0 Å². The van der Waals surface area contributed by atoms with Gasteiger partial charge in [0.1, 0.15) is 5.75 Å². The van der Waals surface area contributed by atoms with Gasteiger partial charge in [0.2, 0.25) is 0 Å². The van der Waals surface area contributed by atoms with Gasteiger partial charge in [-0.1, -0.05) is 0 Å². The van der Waals surface area contributed by atoms with E-state index in [9.17, 15) is 23.7 Å². The van der Waals surface area contributed by atoms with E-state index in [0.29, 0.717) is 0 Å². The molecule has 0 saturated carbocycles. The van der Waals surface area contributed by atoms with E-state index in [2.05, 4.69) is 9.72 Å². The molecule has 2 aromatic rings. The van der Waals surface area contributed by atoms with Gasteiger partial charge in [0.15, 0.2) is 11.6 Å². The van der Waals surface area contributed by atoms with Crippen LogP contribution in [0.4, 0.5) is 14.5 Å². The zero-order valence-corrected chi connectivity index (χ0v) is 11.1. The number of halogens is 2. The number of rotatable bonds is 4. The average molecular weight is 310 g/mol. The van der Waals surface area contributed by atoms with Gasteiger partial charge in [-0.05, 0) is 12.1 Å². The number of pyridine rings is 1. The van der Waals surface area contributed by atoms with Crippen molar-refractivity contribution in [3.05, 3.63) is 57.8 Å². The first-order valence-corrected chi connectivity index (χ1v) is 5.78. The quantitative estimate of drug-likeness (QED) is 0.490. The maximum atomic E-state index is 13.1. The molecule has 0 aliphatic rings. The van der Waals surface area contributed by atoms with E-state index >= 15 is 0 Å². The summed E-state index contributed by atoms with van der Waals surface area (Å²) in [4.78, 5) is 25.1. The fourth-order valence-electron chi connectivity index (χ4n) is 1.53. The third kappa shape index (κ3) is 3.14. The van der Waals surface area contributed by atoms with Crippen LogP contribution in [-0.4, -0.2) is 23.0 Å². The van der Waals surface area contributed by atoms with E-state index in [1.54, 1.807) is 0 Å². The number of aromatic nitrogens is 1. The zero-order chi connectivity index (χ0) is 16.3. The lowest BCUT2D eigenvalue weighted by molar-refractivity contribution is -0.386. The van der Waals surface area contributed by atoms with E-state index in [1.165, 1.54) is 0 Å². The second kappa shape index (κ2) is 6.12. The van der Waals surface area contributed by atoms with E-state index in [0.717, 1.165) is 37.6 Å². The van der Waals surface area contributed by atoms with Crippen molar-refractivity contribution in [1.82, 2.24) is 4.98 Å². The number of methoxy groups -OCH3 is 1. The van der Waals surface area contributed by atoms with E-state index in [1.807, 2.05) is 0 Å². The molecule has 2 rings (SSSR count). The summed E-state index contributed by atoms with van der Waals surface area (Å²) in [5, 5.41) is 11.0. The lowest BCUT2D eigenvalue weighted by atomic mass is 10.2. The Morgan fingerprint density at radius 3 is 2.59 bits per heavy atom. The first-order valence-electron chi connectivity index (χ1n) is 5.78. The van der Waals surface area contributed by atoms with Crippen molar-refractivity contribution in [2.24, 2.45) is 0 Å². The first-order chi connectivity index (χ1) is 10.4. The summed E-state index contributed by atoms with van der Waals surface area (Å²) < 4.78 is 35.4. The van der Waals surface area contributed by atoms with Crippen molar-refractivity contribution in [3.8, 4) is 11.6 Å². The molecular weight excluding hydrogens is 302 g/mol. The molecule has 0 radical (unpaired) electrons. The Morgan fingerprint density at radius 1 is 1.27 bits per heavy atom. The number of benzene rings is 1. The van der Waals surface area contributed by atoms with E-state index < -0.39 is 34.1 Å². The highest BCUT2D eigenvalue weighted by atomic mass is 19.2. The molecule has 0 fully saturated rings. The van der Waals surface area contributed by atoms with Crippen LogP contribution >= 0.6 is 0 Å². The Labute approximate surface area is 122 Å². The Balaban J connectivity index is 2.39. The molecule has 0 N–H and O–H groups in total. The van der Waals surface area contributed by atoms with Gasteiger partial charge in [-0.25, -0.2) is 18.6 Å². The normalized spacial score (nSPS) is 10.1. The Kier molecular flexibility index (Phi) is 4.25. The highest BCUT2D eigenvalue weighted by Gasteiger charge is 2.21. The Hall–Kier alpha value is -3.10. The van der Waals surface area contributed by atoms with Crippen LogP contribution in [0.3, 0.4) is 0 Å². The molecule has 9 heteroatoms. The standard InChI is InChI=1S/C13H8F2N2O5/c1-21-13(18)7-4-11(17(19)20)12(16-6-7)22-8-2-3-9(14)10(15)5-8/h2-6H,1H3. The molecule has 0 spiro atoms. The zero-order valence-electron chi connectivity index (χ0n) is 11.1. The molecule has 0 unspecified atom stereocenters. The minimum absolute atomic E-state index is 0.146. The number of hydrogen-bond acceptors (Lipinski definition) is 6. The predicted octanol–water partition coefficient (Wildman–Crippen LogP) is 2.85. The number of nitro groups is 1. The highest BCUT2D eigenvalue weighted by Crippen LogP contribution is 2.30. The van der Waals surface area contributed by atoms with Crippen LogP contribution in [0.1, 0.15) is 10.4 Å². The van der Waals surface area contributed by atoms with Gasteiger partial charge in [-0.15, -0.1) is 0 Å². The number of carbonyl (C=O) groups is 1. The van der Waals surface area contributed by atoms with E-state index in [-0.39, 0.29) is 11.3 Å². The highest BCUT2D eigenvalue weighted by molar-refractivity contribution is 5.89. The molecule has 22 heavy (non-hydrogen) atoms. The molecule has 0 aliphatic heterocycles. The smallest absolute Gasteiger partial charge is 0.339 e. The predicted molar refractivity (Wildman–Crippen MR) is 68.7 cm³/mol. The van der Waals surface area contributed by atoms with Gasteiger partial charge in [0.25, 0.3) is 5.88 Å². The Bertz CT molecular complexity index is 751. The fraction of sp³-hybridized carbons (Fsp3) is 0.0769. The third-order valence-corrected chi connectivity index (χ3v) is 2.56. The van der Waals surface area contributed by atoms with Crippen molar-refractivity contribution >= 4 is 11.7 Å². The molecule has 7 nitrogen and oxygen atoms in total. The van der Waals surface area contributed by atoms with Gasteiger partial charge in [0.05, 0.1) is 17.6 Å². The van der Waals surface area contributed by atoms with Crippen LogP contribution in [0.15, 0.2) is 30.5 Å². The summed E-state index contributed by atoms with van der Waals surface area (Å²) in [5.74, 6) is -3.72. The summed E-state index contributed by atoms with van der Waals surface area (Å²) in [6.45, 7) is 0. The summed E-state index contributed by atoms with van der Waals surface area (Å²) in [6, 6.07) is 3.51. The summed E-state index contributed by atoms with van der Waals surface area (Å²) >= 11 is 0. The minimum atomic E-state index is -1.17. The first kappa shape index (κ1) is 15.3. The topological polar surface area (TPSA) is 91.6 Å². The van der Waals surface area contributed by atoms with Crippen molar-refractivity contribution in [2.75, 3.05) is 7.11 Å². The van der Waals surface area contributed by atoms with Crippen LogP contribution in [0.25, 0.3) is 0 Å². The van der Waals surface area contributed by atoms with Crippen molar-refractivity contribution in [2.45, 2.75) is 0 Å². The molecule has 0 amide bonds. The second-order valence-electron chi connectivity index (χ2n) is 3.97. The average Bonchev–Trinajstić information content (AvgIpc) is 2.50. The number of ether oxygens (including phenoxy) is 2. The maximum Gasteiger partial charge on any atom is 0.339 e. The summed E-state index contributed by atoms with van der Waals surface area (Å²) in [7, 11) is 1.11. The summed E-state index contributed by atoms with van der Waals surface area (Å²) in [5.41, 5.74) is -0.764. The third-order valence-electron chi connectivity index (χ3n) is 2.56. The van der Waals surface area contributed by atoms with Gasteiger partial charge in [-0.2, -0.15) is 0 Å². The van der Waals surface area contributed by atoms with Crippen molar-refractivity contribution < 1.29 is 28.0 Å². The minimum Gasteiger partial charge on any atom is -0.465 e. The van der Waals surface area contributed by atoms with Crippen LogP contribution in [0.5, 0.6) is 11.6 Å². The summed E-state index contributed by atoms with van der Waals surface area (Å²) in [6.07, 6.45) is 1.01. The maximum absolute atomic E-state index is 13.1. The number of carbonyl (C=O) groups excluding carboxylic acids is 1. The monoisotopic (exact) mass is 310 g/mol. The largest absolute Gasteiger partial charge is 0.465 e. The fourth-order valence-corrected chi connectivity index (χ4v) is 1.53. The molecule has 1 aromatic heterocycles. The van der Waals surface area contributed by atoms with E-state index in [4.69, 9.17) is 4.74 Å². The second-order valence-corrected chi connectivity index (χ2v) is 3.97. The molecule has 0 bridgehead atoms. The lowest BCUT2D eigenvalue weighted by Crippen LogP contribution is -2.04. The number of nitrogens with zero attached hydrogens (tertiary/aromatic N) is 2. The number of esters is 1. The van der Waals surface area contributed by atoms with Crippen LogP contribution < -0.4 is 4.74 Å². The number of hydrogen-bond donors (Lipinski definition) is 0. The molecule has 114 valence electrons. The SMILES string of the molecule is COC(=O)c1cnc(Oc2ccc(F)c(F)c2)c([N+](=O)[O-])c1. The molecule has 1 heterocycles. The van der Waals surface area contributed by atoms with Crippen LogP contribution in [0.2, 0.25) is 0 Å². The molecule has 0 atom stereocenters. The molecule has 1 aromatic carbocycles. The molecular formula is C13H8F2N2O5. The Morgan fingerprint density at radius 2 is 2.00 bits per heavy atom. The lowest BCUT2D eigenvalue weighted by Gasteiger charge is -2.06. The van der Waals surface area contributed by atoms with Gasteiger partial charge >= 0.3 is 11.7 Å². The van der Waals surface area contributed by atoms with Gasteiger partial charge in [0, 0.05) is 18.3 Å². The van der Waals surface area contributed by atoms with Crippen molar-refractivity contribution in [3.63, 3.8) is 0 Å². The van der Waals surface area contributed by atoms with Crippen LogP contribution in [-0.2, 0) is 4.74 Å². The van der Waals surface area contributed by atoms with Gasteiger partial charge < -0.3 is 9.47 Å².